The molecule has 0 bridgehead atoms. The predicted octanol–water partition coefficient (Wildman–Crippen LogP) is 3.25. The number of carbonyl (C=O) groups excluding carboxylic acids is 1. The Balaban J connectivity index is 2.27. The number of nitrogen functional groups attached to an aromatic ring is 1. The lowest BCUT2D eigenvalue weighted by molar-refractivity contribution is 0.0526. The smallest absolute Gasteiger partial charge is 0.338 e. The molecule has 3 N–H and O–H groups in total. The lowest BCUT2D eigenvalue weighted by atomic mass is 10.0. The lowest BCUT2D eigenvalue weighted by Crippen LogP contribution is -2.28. The quantitative estimate of drug-likeness (QED) is 0.655. The van der Waals surface area contributed by atoms with Crippen LogP contribution in [0.2, 0.25) is 0 Å². The van der Waals surface area contributed by atoms with Crippen molar-refractivity contribution in [3.05, 3.63) is 40.3 Å². The maximum atomic E-state index is 11.8. The van der Waals surface area contributed by atoms with Crippen LogP contribution in [0.5, 0.6) is 0 Å². The van der Waals surface area contributed by atoms with Crippen molar-refractivity contribution >= 4 is 28.7 Å². The first-order chi connectivity index (χ1) is 9.94. The second kappa shape index (κ2) is 6.13. The van der Waals surface area contributed by atoms with E-state index in [9.17, 15) is 4.79 Å². The number of thiazole rings is 1. The molecule has 2 rings (SSSR count). The van der Waals surface area contributed by atoms with E-state index in [4.69, 9.17) is 10.5 Å². The van der Waals surface area contributed by atoms with Gasteiger partial charge in [-0.05, 0) is 39.0 Å². The monoisotopic (exact) mass is 305 g/mol. The molecule has 21 heavy (non-hydrogen) atoms. The molecule has 2 aromatic rings. The van der Waals surface area contributed by atoms with Gasteiger partial charge in [-0.25, -0.2) is 9.78 Å². The van der Waals surface area contributed by atoms with Gasteiger partial charge in [-0.3, -0.25) is 0 Å². The van der Waals surface area contributed by atoms with E-state index in [0.717, 1.165) is 5.01 Å². The number of rotatable bonds is 5. The summed E-state index contributed by atoms with van der Waals surface area (Å²) in [6, 6.07) is 5.07. The number of anilines is 2. The Bertz CT molecular complexity index is 624. The summed E-state index contributed by atoms with van der Waals surface area (Å²) in [6.07, 6.45) is 1.77. The van der Waals surface area contributed by atoms with Gasteiger partial charge in [-0.2, -0.15) is 0 Å². The van der Waals surface area contributed by atoms with Crippen molar-refractivity contribution in [2.45, 2.75) is 26.3 Å². The van der Waals surface area contributed by atoms with Gasteiger partial charge in [0, 0.05) is 11.6 Å². The summed E-state index contributed by atoms with van der Waals surface area (Å²) in [6.45, 7) is 6.15. The second-order valence-corrected chi connectivity index (χ2v) is 6.00. The van der Waals surface area contributed by atoms with Crippen LogP contribution in [0, 0.1) is 0 Å². The summed E-state index contributed by atoms with van der Waals surface area (Å²) in [7, 11) is 0. The summed E-state index contributed by atoms with van der Waals surface area (Å²) < 4.78 is 5.01. The number of nitrogens with one attached hydrogen (secondary N) is 1. The highest BCUT2D eigenvalue weighted by Gasteiger charge is 2.24. The van der Waals surface area contributed by atoms with Crippen molar-refractivity contribution in [2.75, 3.05) is 17.7 Å². The second-order valence-electron chi connectivity index (χ2n) is 5.11. The Morgan fingerprint density at radius 1 is 1.48 bits per heavy atom. The molecule has 112 valence electrons. The molecule has 0 amide bonds. The third-order valence-corrected chi connectivity index (χ3v) is 4.08. The van der Waals surface area contributed by atoms with Crippen molar-refractivity contribution in [1.82, 2.24) is 4.98 Å². The number of carbonyl (C=O) groups is 1. The number of hydrogen-bond donors (Lipinski definition) is 2. The zero-order valence-electron chi connectivity index (χ0n) is 12.3. The number of nitrogens with two attached hydrogens (primary N) is 1. The van der Waals surface area contributed by atoms with Crippen LogP contribution >= 0.6 is 11.3 Å². The first-order valence-corrected chi connectivity index (χ1v) is 7.57. The van der Waals surface area contributed by atoms with E-state index >= 15 is 0 Å². The Morgan fingerprint density at radius 2 is 2.24 bits per heavy atom. The van der Waals surface area contributed by atoms with Gasteiger partial charge in [0.2, 0.25) is 0 Å². The van der Waals surface area contributed by atoms with E-state index in [-0.39, 0.29) is 11.5 Å². The van der Waals surface area contributed by atoms with Crippen molar-refractivity contribution in [1.29, 1.82) is 0 Å². The largest absolute Gasteiger partial charge is 0.462 e. The van der Waals surface area contributed by atoms with Crippen molar-refractivity contribution in [2.24, 2.45) is 0 Å². The normalized spacial score (nSPS) is 11.2. The average molecular weight is 305 g/mol. The van der Waals surface area contributed by atoms with E-state index in [2.05, 4.69) is 10.3 Å². The van der Waals surface area contributed by atoms with Crippen LogP contribution in [0.15, 0.2) is 29.8 Å². The molecule has 1 aromatic carbocycles. The lowest BCUT2D eigenvalue weighted by Gasteiger charge is -2.26. The van der Waals surface area contributed by atoms with Crippen LogP contribution in [0.1, 0.15) is 36.1 Å². The Kier molecular flexibility index (Phi) is 4.47. The van der Waals surface area contributed by atoms with E-state index in [1.54, 1.807) is 42.7 Å². The molecule has 0 aliphatic rings. The number of ether oxygens (including phenoxy) is 1. The minimum absolute atomic E-state index is 0.344. The number of nitrogens with zero attached hydrogens (tertiary/aromatic N) is 1. The number of aromatic nitrogens is 1. The predicted molar refractivity (Wildman–Crippen MR) is 85.6 cm³/mol. The Hall–Kier alpha value is -2.08. The molecule has 1 aromatic heterocycles. The van der Waals surface area contributed by atoms with E-state index in [1.165, 1.54) is 0 Å². The van der Waals surface area contributed by atoms with Gasteiger partial charge in [0.15, 0.2) is 0 Å². The molecule has 0 radical (unpaired) electrons. The van der Waals surface area contributed by atoms with Crippen LogP contribution in [-0.4, -0.2) is 17.6 Å². The molecule has 5 nitrogen and oxygen atoms in total. The highest BCUT2D eigenvalue weighted by Crippen LogP contribution is 2.30. The van der Waals surface area contributed by atoms with Crippen LogP contribution < -0.4 is 11.1 Å². The first-order valence-electron chi connectivity index (χ1n) is 6.69. The molecule has 6 heteroatoms. The standard InChI is InChI=1S/C15H19N3O2S/c1-4-20-13(19)10-5-6-11(16)12(9-10)18-15(2,3)14-17-7-8-21-14/h5-9,18H,4,16H2,1-3H3. The molecular weight excluding hydrogens is 286 g/mol. The van der Waals surface area contributed by atoms with Crippen LogP contribution in [0.4, 0.5) is 11.4 Å². The minimum atomic E-state index is -0.379. The van der Waals surface area contributed by atoms with Gasteiger partial charge in [-0.15, -0.1) is 11.3 Å². The zero-order chi connectivity index (χ0) is 15.5. The zero-order valence-corrected chi connectivity index (χ0v) is 13.2. The molecular formula is C15H19N3O2S. The third-order valence-electron chi connectivity index (χ3n) is 2.98. The maximum absolute atomic E-state index is 11.8. The fraction of sp³-hybridized carbons (Fsp3) is 0.333. The molecule has 0 atom stereocenters. The number of benzene rings is 1. The molecule has 0 aliphatic heterocycles. The van der Waals surface area contributed by atoms with Gasteiger partial charge < -0.3 is 15.8 Å². The van der Waals surface area contributed by atoms with Gasteiger partial charge in [0.25, 0.3) is 0 Å². The van der Waals surface area contributed by atoms with Crippen LogP contribution in [0.25, 0.3) is 0 Å². The molecule has 0 aliphatic carbocycles. The fourth-order valence-corrected chi connectivity index (χ4v) is 2.65. The van der Waals surface area contributed by atoms with Gasteiger partial charge >= 0.3 is 5.97 Å². The highest BCUT2D eigenvalue weighted by atomic mass is 32.1. The highest BCUT2D eigenvalue weighted by molar-refractivity contribution is 7.09. The Morgan fingerprint density at radius 3 is 2.86 bits per heavy atom. The number of esters is 1. The van der Waals surface area contributed by atoms with Crippen molar-refractivity contribution in [3.8, 4) is 0 Å². The summed E-state index contributed by atoms with van der Waals surface area (Å²) in [5.41, 5.74) is 7.36. The first kappa shape index (κ1) is 15.3. The van der Waals surface area contributed by atoms with Gasteiger partial charge in [0.1, 0.15) is 5.01 Å². The average Bonchev–Trinajstić information content (AvgIpc) is 2.96. The fourth-order valence-electron chi connectivity index (χ4n) is 1.93. The van der Waals surface area contributed by atoms with E-state index in [1.807, 2.05) is 19.2 Å². The summed E-state index contributed by atoms with van der Waals surface area (Å²) in [5.74, 6) is -0.354. The molecule has 0 saturated heterocycles. The summed E-state index contributed by atoms with van der Waals surface area (Å²) in [4.78, 5) is 16.1. The minimum Gasteiger partial charge on any atom is -0.462 e. The summed E-state index contributed by atoms with van der Waals surface area (Å²) in [5, 5.41) is 6.22. The van der Waals surface area contributed by atoms with Crippen LogP contribution in [-0.2, 0) is 10.3 Å². The molecule has 0 fully saturated rings. The molecule has 1 heterocycles. The SMILES string of the molecule is CCOC(=O)c1ccc(N)c(NC(C)(C)c2nccs2)c1. The third kappa shape index (κ3) is 3.52. The van der Waals surface area contributed by atoms with E-state index in [0.29, 0.717) is 23.5 Å². The molecule has 0 spiro atoms. The van der Waals surface area contributed by atoms with Gasteiger partial charge in [-0.1, -0.05) is 0 Å². The number of hydrogen-bond acceptors (Lipinski definition) is 6. The molecule has 0 unspecified atom stereocenters. The van der Waals surface area contributed by atoms with Gasteiger partial charge in [0.05, 0.1) is 29.1 Å². The maximum Gasteiger partial charge on any atom is 0.338 e. The van der Waals surface area contributed by atoms with Crippen LogP contribution in [0.3, 0.4) is 0 Å². The molecule has 0 saturated carbocycles. The van der Waals surface area contributed by atoms with Crippen molar-refractivity contribution in [3.63, 3.8) is 0 Å². The Labute approximate surface area is 128 Å². The van der Waals surface area contributed by atoms with Crippen molar-refractivity contribution < 1.29 is 9.53 Å². The topological polar surface area (TPSA) is 77.2 Å². The summed E-state index contributed by atoms with van der Waals surface area (Å²) >= 11 is 1.57. The van der Waals surface area contributed by atoms with E-state index < -0.39 is 0 Å².